The fourth-order valence-electron chi connectivity index (χ4n) is 3.53. The molecule has 1 atom stereocenters. The second-order valence-corrected chi connectivity index (χ2v) is 8.79. The predicted molar refractivity (Wildman–Crippen MR) is 112 cm³/mol. The Morgan fingerprint density at radius 3 is 2.96 bits per heavy atom. The van der Waals surface area contributed by atoms with Crippen molar-refractivity contribution >= 4 is 34.2 Å². The first kappa shape index (κ1) is 18.5. The molecule has 5 nitrogen and oxygen atoms in total. The van der Waals surface area contributed by atoms with Gasteiger partial charge in [-0.1, -0.05) is 36.5 Å². The molecule has 4 rings (SSSR count). The Hall–Kier alpha value is -1.83. The zero-order valence-corrected chi connectivity index (χ0v) is 17.1. The molecule has 0 spiro atoms. The monoisotopic (exact) mass is 400 g/mol. The summed E-state index contributed by atoms with van der Waals surface area (Å²) in [5.74, 6) is 0.143. The van der Waals surface area contributed by atoms with E-state index < -0.39 is 0 Å². The Morgan fingerprint density at radius 2 is 2.22 bits per heavy atom. The Kier molecular flexibility index (Phi) is 5.80. The van der Waals surface area contributed by atoms with Crippen molar-refractivity contribution in [1.29, 1.82) is 0 Å². The van der Waals surface area contributed by atoms with Gasteiger partial charge in [-0.3, -0.25) is 4.79 Å². The zero-order chi connectivity index (χ0) is 18.6. The van der Waals surface area contributed by atoms with Gasteiger partial charge >= 0.3 is 0 Å². The molecule has 142 valence electrons. The standard InChI is InChI=1S/C20H24N4OS2/c1-2-10-24(16-8-9-21-12-16)20(25)17-11-15(13-26-17)19-23-22-18(27-19)14-6-4-3-5-7-14/h4,6-7,11,13,16,21H,2-3,5,8-10,12H2,1H3. The Morgan fingerprint density at radius 1 is 1.33 bits per heavy atom. The molecule has 7 heteroatoms. The van der Waals surface area contributed by atoms with Gasteiger partial charge in [-0.25, -0.2) is 0 Å². The highest BCUT2D eigenvalue weighted by atomic mass is 32.1. The fourth-order valence-corrected chi connectivity index (χ4v) is 5.30. The van der Waals surface area contributed by atoms with E-state index in [-0.39, 0.29) is 5.91 Å². The van der Waals surface area contributed by atoms with Crippen LogP contribution in [0.4, 0.5) is 0 Å². The number of nitrogens with zero attached hydrogens (tertiary/aromatic N) is 3. The third-order valence-corrected chi connectivity index (χ3v) is 6.86. The summed E-state index contributed by atoms with van der Waals surface area (Å²) in [7, 11) is 0. The molecular formula is C20H24N4OS2. The first-order chi connectivity index (χ1) is 13.3. The molecule has 27 heavy (non-hydrogen) atoms. The van der Waals surface area contributed by atoms with Crippen molar-refractivity contribution in [2.75, 3.05) is 19.6 Å². The van der Waals surface area contributed by atoms with Gasteiger partial charge in [0.05, 0.1) is 4.88 Å². The molecule has 3 heterocycles. The lowest BCUT2D eigenvalue weighted by Crippen LogP contribution is -2.41. The van der Waals surface area contributed by atoms with E-state index in [0.717, 1.165) is 71.3 Å². The number of aromatic nitrogens is 2. The number of carbonyl (C=O) groups excluding carboxylic acids is 1. The van der Waals surface area contributed by atoms with Crippen LogP contribution in [0.1, 0.15) is 47.3 Å². The highest BCUT2D eigenvalue weighted by molar-refractivity contribution is 7.16. The van der Waals surface area contributed by atoms with E-state index in [0.29, 0.717) is 6.04 Å². The van der Waals surface area contributed by atoms with Crippen LogP contribution >= 0.6 is 22.7 Å². The van der Waals surface area contributed by atoms with Crippen LogP contribution in [0.5, 0.6) is 0 Å². The number of rotatable bonds is 6. The Balaban J connectivity index is 1.52. The van der Waals surface area contributed by atoms with Gasteiger partial charge in [0.1, 0.15) is 10.0 Å². The summed E-state index contributed by atoms with van der Waals surface area (Å²) < 4.78 is 0. The maximum absolute atomic E-state index is 13.1. The van der Waals surface area contributed by atoms with E-state index in [9.17, 15) is 4.79 Å². The molecular weight excluding hydrogens is 376 g/mol. The van der Waals surface area contributed by atoms with Gasteiger partial charge < -0.3 is 10.2 Å². The van der Waals surface area contributed by atoms with Crippen molar-refractivity contribution in [2.24, 2.45) is 0 Å². The molecule has 1 unspecified atom stereocenters. The molecule has 1 N–H and O–H groups in total. The number of nitrogens with one attached hydrogen (secondary N) is 1. The van der Waals surface area contributed by atoms with Gasteiger partial charge in [-0.15, -0.1) is 21.5 Å². The maximum atomic E-state index is 13.1. The van der Waals surface area contributed by atoms with E-state index in [4.69, 9.17) is 0 Å². The minimum atomic E-state index is 0.143. The summed E-state index contributed by atoms with van der Waals surface area (Å²) in [6.45, 7) is 4.82. The number of hydrogen-bond acceptors (Lipinski definition) is 6. The van der Waals surface area contributed by atoms with Crippen molar-refractivity contribution in [3.8, 4) is 10.6 Å². The molecule has 0 aromatic carbocycles. The number of allylic oxidation sites excluding steroid dienone is 4. The molecule has 0 bridgehead atoms. The van der Waals surface area contributed by atoms with Crippen LogP contribution in [-0.4, -0.2) is 46.7 Å². The van der Waals surface area contributed by atoms with Crippen LogP contribution in [0.2, 0.25) is 0 Å². The fraction of sp³-hybridized carbons (Fsp3) is 0.450. The SMILES string of the molecule is CCCN(C(=O)c1cc(-c2nnc(C3=CCCC=C3)s2)cs1)C1CCNC1. The van der Waals surface area contributed by atoms with Crippen molar-refractivity contribution in [1.82, 2.24) is 20.4 Å². The van der Waals surface area contributed by atoms with Gasteiger partial charge in [-0.2, -0.15) is 0 Å². The van der Waals surface area contributed by atoms with Gasteiger partial charge in [0.2, 0.25) is 0 Å². The summed E-state index contributed by atoms with van der Waals surface area (Å²) in [6, 6.07) is 2.29. The van der Waals surface area contributed by atoms with Crippen LogP contribution < -0.4 is 5.32 Å². The summed E-state index contributed by atoms with van der Waals surface area (Å²) >= 11 is 3.10. The lowest BCUT2D eigenvalue weighted by Gasteiger charge is -2.27. The third kappa shape index (κ3) is 4.05. The molecule has 2 aromatic rings. The van der Waals surface area contributed by atoms with Crippen LogP contribution in [0.3, 0.4) is 0 Å². The lowest BCUT2D eigenvalue weighted by atomic mass is 10.1. The summed E-state index contributed by atoms with van der Waals surface area (Å²) in [5.41, 5.74) is 2.15. The number of thiophene rings is 1. The van der Waals surface area contributed by atoms with E-state index in [1.54, 1.807) is 11.3 Å². The topological polar surface area (TPSA) is 58.1 Å². The van der Waals surface area contributed by atoms with Crippen molar-refractivity contribution < 1.29 is 4.79 Å². The highest BCUT2D eigenvalue weighted by Crippen LogP contribution is 2.32. The summed E-state index contributed by atoms with van der Waals surface area (Å²) in [4.78, 5) is 15.9. The molecule has 1 aliphatic heterocycles. The minimum absolute atomic E-state index is 0.143. The van der Waals surface area contributed by atoms with E-state index in [2.05, 4.69) is 40.7 Å². The number of hydrogen-bond donors (Lipinski definition) is 1. The van der Waals surface area contributed by atoms with Crippen molar-refractivity contribution in [3.63, 3.8) is 0 Å². The number of carbonyl (C=O) groups is 1. The molecule has 1 fully saturated rings. The Labute approximate surface area is 167 Å². The highest BCUT2D eigenvalue weighted by Gasteiger charge is 2.27. The van der Waals surface area contributed by atoms with E-state index in [1.165, 1.54) is 11.3 Å². The van der Waals surface area contributed by atoms with Crippen LogP contribution in [0.15, 0.2) is 29.7 Å². The van der Waals surface area contributed by atoms with Gasteiger partial charge in [0.25, 0.3) is 5.91 Å². The van der Waals surface area contributed by atoms with E-state index >= 15 is 0 Å². The van der Waals surface area contributed by atoms with Gasteiger partial charge in [-0.05, 0) is 38.3 Å². The van der Waals surface area contributed by atoms with Crippen molar-refractivity contribution in [2.45, 2.75) is 38.6 Å². The van der Waals surface area contributed by atoms with Crippen LogP contribution in [0, 0.1) is 0 Å². The molecule has 1 saturated heterocycles. The van der Waals surface area contributed by atoms with Crippen LogP contribution in [0.25, 0.3) is 16.1 Å². The molecule has 0 radical (unpaired) electrons. The summed E-state index contributed by atoms with van der Waals surface area (Å²) in [6.07, 6.45) is 10.7. The molecule has 0 saturated carbocycles. The quantitative estimate of drug-likeness (QED) is 0.789. The first-order valence-electron chi connectivity index (χ1n) is 9.57. The Bertz CT molecular complexity index is 861. The second-order valence-electron chi connectivity index (χ2n) is 6.90. The van der Waals surface area contributed by atoms with E-state index in [1.807, 2.05) is 16.3 Å². The lowest BCUT2D eigenvalue weighted by molar-refractivity contribution is 0.0697. The van der Waals surface area contributed by atoms with Gasteiger partial charge in [0, 0.05) is 35.6 Å². The van der Waals surface area contributed by atoms with Crippen molar-refractivity contribution in [3.05, 3.63) is 39.6 Å². The molecule has 2 aliphatic rings. The third-order valence-electron chi connectivity index (χ3n) is 4.92. The van der Waals surface area contributed by atoms with Gasteiger partial charge in [0.15, 0.2) is 0 Å². The predicted octanol–water partition coefficient (Wildman–Crippen LogP) is 4.21. The zero-order valence-electron chi connectivity index (χ0n) is 15.5. The average Bonchev–Trinajstić information content (AvgIpc) is 3.47. The molecule has 2 aromatic heterocycles. The minimum Gasteiger partial charge on any atom is -0.334 e. The maximum Gasteiger partial charge on any atom is 0.264 e. The smallest absolute Gasteiger partial charge is 0.264 e. The molecule has 1 aliphatic carbocycles. The largest absolute Gasteiger partial charge is 0.334 e. The average molecular weight is 401 g/mol. The normalized spacial score (nSPS) is 19.3. The molecule has 1 amide bonds. The second kappa shape index (κ2) is 8.46. The first-order valence-corrected chi connectivity index (χ1v) is 11.3. The number of amides is 1. The van der Waals surface area contributed by atoms with Crippen LogP contribution in [-0.2, 0) is 0 Å². The summed E-state index contributed by atoms with van der Waals surface area (Å²) in [5, 5.41) is 15.9.